The Balaban J connectivity index is 2.49. The number of anilines is 1. The number of hydrogen-bond acceptors (Lipinski definition) is 6. The van der Waals surface area contributed by atoms with Crippen LogP contribution in [0.15, 0.2) is 11.0 Å². The summed E-state index contributed by atoms with van der Waals surface area (Å²) in [7, 11) is 0. The highest BCUT2D eigenvalue weighted by Gasteiger charge is 2.24. The van der Waals surface area contributed by atoms with E-state index < -0.39 is 53.1 Å². The van der Waals surface area contributed by atoms with Crippen molar-refractivity contribution in [3.63, 3.8) is 0 Å². The van der Waals surface area contributed by atoms with Crippen LogP contribution < -0.4 is 21.6 Å². The van der Waals surface area contributed by atoms with Crippen LogP contribution in [0, 0.1) is 11.7 Å². The molecular formula is C17H24FN5O6. The minimum absolute atomic E-state index is 0.0416. The van der Waals surface area contributed by atoms with E-state index in [1.807, 2.05) is 18.8 Å². The van der Waals surface area contributed by atoms with Gasteiger partial charge in [-0.2, -0.15) is 4.98 Å². The third kappa shape index (κ3) is 8.49. The molecular weight excluding hydrogens is 389 g/mol. The molecule has 3 amide bonds. The Morgan fingerprint density at radius 2 is 1.76 bits per heavy atom. The van der Waals surface area contributed by atoms with Crippen LogP contribution in [0.2, 0.25) is 0 Å². The number of aromatic nitrogens is 2. The molecule has 0 aliphatic rings. The van der Waals surface area contributed by atoms with E-state index >= 15 is 0 Å². The molecule has 0 saturated carbocycles. The number of nitrogens with one attached hydrogen (secondary N) is 4. The van der Waals surface area contributed by atoms with Crippen LogP contribution in [0.25, 0.3) is 0 Å². The molecule has 1 rings (SSSR count). The fourth-order valence-corrected chi connectivity index (χ4v) is 2.27. The normalized spacial score (nSPS) is 12.7. The molecule has 2 atom stereocenters. The second-order valence-electron chi connectivity index (χ2n) is 6.78. The summed E-state index contributed by atoms with van der Waals surface area (Å²) in [6, 6.07) is -2.10. The highest BCUT2D eigenvalue weighted by molar-refractivity contribution is 5.94. The number of carbonyl (C=O) groups is 4. The van der Waals surface area contributed by atoms with Gasteiger partial charge in [0.05, 0.1) is 6.20 Å². The van der Waals surface area contributed by atoms with Crippen LogP contribution in [-0.4, -0.2) is 50.8 Å². The van der Waals surface area contributed by atoms with Gasteiger partial charge in [-0.25, -0.2) is 14.0 Å². The number of aromatic amines is 1. The van der Waals surface area contributed by atoms with Crippen LogP contribution in [0.1, 0.15) is 40.0 Å². The van der Waals surface area contributed by atoms with E-state index in [9.17, 15) is 28.4 Å². The number of aliphatic carboxylic acids is 1. The molecule has 0 aliphatic heterocycles. The summed E-state index contributed by atoms with van der Waals surface area (Å²) in [6.45, 7) is 5.00. The van der Waals surface area contributed by atoms with E-state index in [-0.39, 0.29) is 25.2 Å². The van der Waals surface area contributed by atoms with Crippen molar-refractivity contribution in [1.29, 1.82) is 0 Å². The Kier molecular flexibility index (Phi) is 8.90. The van der Waals surface area contributed by atoms with E-state index in [0.29, 0.717) is 6.20 Å². The minimum Gasteiger partial charge on any atom is -0.480 e. The SMILES string of the molecule is CC(C)C[C@H](NC(=O)[C@H](C)NC(=O)CCC(=O)Nc1[nH]c(=O)ncc1F)C(=O)O. The van der Waals surface area contributed by atoms with E-state index in [1.54, 1.807) is 0 Å². The van der Waals surface area contributed by atoms with Gasteiger partial charge in [0.15, 0.2) is 11.6 Å². The lowest BCUT2D eigenvalue weighted by Gasteiger charge is -2.20. The second kappa shape index (κ2) is 10.9. The molecule has 0 unspecified atom stereocenters. The summed E-state index contributed by atoms with van der Waals surface area (Å²) in [6.07, 6.45) is 0.227. The topological polar surface area (TPSA) is 170 Å². The lowest BCUT2D eigenvalue weighted by molar-refractivity contribution is -0.142. The van der Waals surface area contributed by atoms with E-state index in [2.05, 4.69) is 20.9 Å². The molecule has 5 N–H and O–H groups in total. The van der Waals surface area contributed by atoms with E-state index in [0.717, 1.165) is 0 Å². The maximum Gasteiger partial charge on any atom is 0.346 e. The summed E-state index contributed by atoms with van der Waals surface area (Å²) in [5, 5.41) is 15.9. The number of carboxylic acids is 1. The third-order valence-electron chi connectivity index (χ3n) is 3.70. The van der Waals surface area contributed by atoms with Crippen molar-refractivity contribution in [2.75, 3.05) is 5.32 Å². The molecule has 0 bridgehead atoms. The number of carbonyl (C=O) groups excluding carboxylic acids is 3. The second-order valence-corrected chi connectivity index (χ2v) is 6.78. The average Bonchev–Trinajstić information content (AvgIpc) is 2.61. The van der Waals surface area contributed by atoms with Crippen molar-refractivity contribution >= 4 is 29.5 Å². The Hall–Kier alpha value is -3.31. The summed E-state index contributed by atoms with van der Waals surface area (Å²) in [5.74, 6) is -4.59. The largest absolute Gasteiger partial charge is 0.480 e. The van der Waals surface area contributed by atoms with Gasteiger partial charge in [0, 0.05) is 12.8 Å². The Morgan fingerprint density at radius 3 is 2.34 bits per heavy atom. The van der Waals surface area contributed by atoms with E-state index in [1.165, 1.54) is 6.92 Å². The van der Waals surface area contributed by atoms with E-state index in [4.69, 9.17) is 5.11 Å². The lowest BCUT2D eigenvalue weighted by Crippen LogP contribution is -2.50. The zero-order valence-corrected chi connectivity index (χ0v) is 16.2. The summed E-state index contributed by atoms with van der Waals surface area (Å²) in [5.41, 5.74) is -0.851. The van der Waals surface area contributed by atoms with Gasteiger partial charge in [-0.15, -0.1) is 0 Å². The Morgan fingerprint density at radius 1 is 1.14 bits per heavy atom. The minimum atomic E-state index is -1.18. The van der Waals surface area contributed by atoms with Crippen molar-refractivity contribution in [3.05, 3.63) is 22.5 Å². The first kappa shape index (κ1) is 23.7. The smallest absolute Gasteiger partial charge is 0.346 e. The zero-order chi connectivity index (χ0) is 22.1. The van der Waals surface area contributed by atoms with Crippen LogP contribution in [0.5, 0.6) is 0 Å². The molecule has 0 aliphatic carbocycles. The quantitative estimate of drug-likeness (QED) is 0.352. The number of hydrogen-bond donors (Lipinski definition) is 5. The number of rotatable bonds is 10. The average molecular weight is 413 g/mol. The Labute approximate surface area is 165 Å². The first-order chi connectivity index (χ1) is 13.5. The number of halogens is 1. The van der Waals surface area contributed by atoms with Gasteiger partial charge in [0.25, 0.3) is 0 Å². The van der Waals surface area contributed by atoms with Gasteiger partial charge < -0.3 is 21.1 Å². The highest BCUT2D eigenvalue weighted by Crippen LogP contribution is 2.07. The number of amides is 3. The molecule has 1 aromatic heterocycles. The summed E-state index contributed by atoms with van der Waals surface area (Å²) < 4.78 is 13.4. The molecule has 0 aromatic carbocycles. The van der Waals surface area contributed by atoms with Gasteiger partial charge >= 0.3 is 11.7 Å². The van der Waals surface area contributed by atoms with Gasteiger partial charge in [0.1, 0.15) is 12.1 Å². The first-order valence-electron chi connectivity index (χ1n) is 8.86. The monoisotopic (exact) mass is 413 g/mol. The fourth-order valence-electron chi connectivity index (χ4n) is 2.27. The number of carboxylic acid groups (broad SMARTS) is 1. The van der Waals surface area contributed by atoms with Gasteiger partial charge in [-0.05, 0) is 19.3 Å². The molecule has 0 spiro atoms. The predicted octanol–water partition coefficient (Wildman–Crippen LogP) is -0.252. The van der Waals surface area contributed by atoms with Crippen LogP contribution in [0.3, 0.4) is 0 Å². The molecule has 160 valence electrons. The first-order valence-corrected chi connectivity index (χ1v) is 8.86. The molecule has 1 aromatic rings. The van der Waals surface area contributed by atoms with Crippen LogP contribution in [-0.2, 0) is 19.2 Å². The summed E-state index contributed by atoms with van der Waals surface area (Å²) in [4.78, 5) is 63.1. The maximum atomic E-state index is 13.4. The number of H-pyrrole nitrogens is 1. The molecule has 12 heteroatoms. The van der Waals surface area contributed by atoms with Crippen molar-refractivity contribution in [1.82, 2.24) is 20.6 Å². The van der Waals surface area contributed by atoms with Gasteiger partial charge in [0.2, 0.25) is 17.7 Å². The van der Waals surface area contributed by atoms with Crippen molar-refractivity contribution in [2.45, 2.75) is 52.1 Å². The summed E-state index contributed by atoms with van der Waals surface area (Å²) >= 11 is 0. The molecule has 11 nitrogen and oxygen atoms in total. The number of nitrogens with zero attached hydrogens (tertiary/aromatic N) is 1. The maximum absolute atomic E-state index is 13.4. The molecule has 0 saturated heterocycles. The molecule has 1 heterocycles. The van der Waals surface area contributed by atoms with Crippen LogP contribution in [0.4, 0.5) is 10.2 Å². The standard InChI is InChI=1S/C17H24FN5O6/c1-8(2)6-11(16(27)28)21-15(26)9(3)20-12(24)4-5-13(25)22-14-10(18)7-19-17(29)23-14/h7-9,11H,4-6H2,1-3H3,(H,20,24)(H,21,26)(H,27,28)(H2,19,22,23,25,29)/t9-,11-/m0/s1. The highest BCUT2D eigenvalue weighted by atomic mass is 19.1. The van der Waals surface area contributed by atoms with Gasteiger partial charge in [-0.3, -0.25) is 19.4 Å². The third-order valence-corrected chi connectivity index (χ3v) is 3.70. The van der Waals surface area contributed by atoms with Crippen molar-refractivity contribution in [3.8, 4) is 0 Å². The van der Waals surface area contributed by atoms with Crippen molar-refractivity contribution in [2.24, 2.45) is 5.92 Å². The van der Waals surface area contributed by atoms with Crippen molar-refractivity contribution < 1.29 is 28.7 Å². The van der Waals surface area contributed by atoms with Gasteiger partial charge in [-0.1, -0.05) is 13.8 Å². The fraction of sp³-hybridized carbons (Fsp3) is 0.529. The predicted molar refractivity (Wildman–Crippen MR) is 99.3 cm³/mol. The molecule has 0 radical (unpaired) electrons. The molecule has 29 heavy (non-hydrogen) atoms. The van der Waals surface area contributed by atoms with Crippen LogP contribution >= 0.6 is 0 Å². The lowest BCUT2D eigenvalue weighted by atomic mass is 10.0. The molecule has 0 fully saturated rings. The zero-order valence-electron chi connectivity index (χ0n) is 16.2. The Bertz CT molecular complexity index is 825.